The van der Waals surface area contributed by atoms with E-state index >= 15 is 0 Å². The van der Waals surface area contributed by atoms with Crippen LogP contribution in [0.3, 0.4) is 0 Å². The number of hydrogen-bond donors (Lipinski definition) is 3. The molecule has 0 atom stereocenters. The Hall–Kier alpha value is -1.79. The van der Waals surface area contributed by atoms with Crippen molar-refractivity contribution in [1.82, 2.24) is 9.97 Å². The molecule has 2 rings (SSSR count). The first-order valence-electron chi connectivity index (χ1n) is 5.79. The van der Waals surface area contributed by atoms with Crippen molar-refractivity contribution in [3.63, 3.8) is 0 Å². The minimum absolute atomic E-state index is 0.0975. The van der Waals surface area contributed by atoms with E-state index in [4.69, 9.17) is 28.9 Å². The SMILES string of the molecule is CCNc1cc(Nc2c(Cl)cc(F)cc2Cl)nc(N)n1. The van der Waals surface area contributed by atoms with Gasteiger partial charge in [-0.2, -0.15) is 9.97 Å². The summed E-state index contributed by atoms with van der Waals surface area (Å²) in [5.41, 5.74) is 5.97. The lowest BCUT2D eigenvalue weighted by Crippen LogP contribution is -2.06. The first-order valence-corrected chi connectivity index (χ1v) is 6.55. The summed E-state index contributed by atoms with van der Waals surface area (Å²) in [5.74, 6) is 0.558. The Labute approximate surface area is 125 Å². The van der Waals surface area contributed by atoms with E-state index in [1.807, 2.05) is 6.92 Å². The van der Waals surface area contributed by atoms with Crippen molar-refractivity contribution in [2.45, 2.75) is 6.92 Å². The maximum absolute atomic E-state index is 13.1. The minimum atomic E-state index is -0.513. The summed E-state index contributed by atoms with van der Waals surface area (Å²) in [6, 6.07) is 3.97. The summed E-state index contributed by atoms with van der Waals surface area (Å²) in [5, 5.41) is 6.22. The number of benzene rings is 1. The molecular formula is C12H12Cl2FN5. The smallest absolute Gasteiger partial charge is 0.223 e. The minimum Gasteiger partial charge on any atom is -0.370 e. The van der Waals surface area contributed by atoms with Crippen LogP contribution >= 0.6 is 23.2 Å². The molecule has 0 aliphatic heterocycles. The second kappa shape index (κ2) is 6.11. The van der Waals surface area contributed by atoms with Gasteiger partial charge in [0.1, 0.15) is 17.5 Å². The number of nitrogens with two attached hydrogens (primary N) is 1. The van der Waals surface area contributed by atoms with Gasteiger partial charge in [-0.05, 0) is 19.1 Å². The van der Waals surface area contributed by atoms with E-state index in [1.165, 1.54) is 0 Å². The molecule has 5 nitrogen and oxygen atoms in total. The second-order valence-corrected chi connectivity index (χ2v) is 4.71. The molecule has 0 bridgehead atoms. The number of aromatic nitrogens is 2. The summed E-state index contributed by atoms with van der Waals surface area (Å²) in [7, 11) is 0. The molecule has 0 amide bonds. The number of nitrogens with zero attached hydrogens (tertiary/aromatic N) is 2. The van der Waals surface area contributed by atoms with E-state index < -0.39 is 5.82 Å². The van der Waals surface area contributed by atoms with Crippen molar-refractivity contribution in [2.24, 2.45) is 0 Å². The van der Waals surface area contributed by atoms with Crippen LogP contribution in [-0.4, -0.2) is 16.5 Å². The highest BCUT2D eigenvalue weighted by molar-refractivity contribution is 6.39. The first-order chi connectivity index (χ1) is 9.49. The lowest BCUT2D eigenvalue weighted by molar-refractivity contribution is 0.628. The zero-order chi connectivity index (χ0) is 14.7. The van der Waals surface area contributed by atoms with Crippen LogP contribution in [0.1, 0.15) is 6.92 Å². The van der Waals surface area contributed by atoms with Crippen molar-refractivity contribution in [1.29, 1.82) is 0 Å². The molecule has 1 heterocycles. The first kappa shape index (κ1) is 14.6. The van der Waals surface area contributed by atoms with Crippen molar-refractivity contribution in [2.75, 3.05) is 22.9 Å². The van der Waals surface area contributed by atoms with Crippen LogP contribution in [0.15, 0.2) is 18.2 Å². The van der Waals surface area contributed by atoms with Gasteiger partial charge in [0.2, 0.25) is 5.95 Å². The Morgan fingerprint density at radius 3 is 2.35 bits per heavy atom. The highest BCUT2D eigenvalue weighted by Gasteiger charge is 2.10. The van der Waals surface area contributed by atoms with Crippen molar-refractivity contribution < 1.29 is 4.39 Å². The molecule has 106 valence electrons. The molecular weight excluding hydrogens is 304 g/mol. The molecule has 0 spiro atoms. The van der Waals surface area contributed by atoms with Crippen LogP contribution in [0, 0.1) is 5.82 Å². The molecule has 0 saturated heterocycles. The van der Waals surface area contributed by atoms with E-state index in [-0.39, 0.29) is 16.0 Å². The number of halogens is 3. The van der Waals surface area contributed by atoms with E-state index in [2.05, 4.69) is 20.6 Å². The Morgan fingerprint density at radius 1 is 1.15 bits per heavy atom. The third-order valence-corrected chi connectivity index (χ3v) is 2.96. The van der Waals surface area contributed by atoms with Gasteiger partial charge in [0.05, 0.1) is 15.7 Å². The fraction of sp³-hybridized carbons (Fsp3) is 0.167. The maximum atomic E-state index is 13.1. The van der Waals surface area contributed by atoms with Gasteiger partial charge in [0, 0.05) is 12.6 Å². The second-order valence-electron chi connectivity index (χ2n) is 3.90. The molecule has 4 N–H and O–H groups in total. The predicted molar refractivity (Wildman–Crippen MR) is 80.3 cm³/mol. The Balaban J connectivity index is 2.35. The summed E-state index contributed by atoms with van der Waals surface area (Å²) in [6.45, 7) is 2.62. The van der Waals surface area contributed by atoms with Gasteiger partial charge in [-0.3, -0.25) is 0 Å². The zero-order valence-corrected chi connectivity index (χ0v) is 12.1. The number of nitrogen functional groups attached to an aromatic ring is 1. The monoisotopic (exact) mass is 315 g/mol. The average Bonchev–Trinajstić information content (AvgIpc) is 2.33. The number of rotatable bonds is 4. The molecule has 0 aliphatic rings. The van der Waals surface area contributed by atoms with Crippen LogP contribution in [0.2, 0.25) is 10.0 Å². The quantitative estimate of drug-likeness (QED) is 0.802. The number of nitrogens with one attached hydrogen (secondary N) is 2. The van der Waals surface area contributed by atoms with E-state index in [0.717, 1.165) is 12.1 Å². The Kier molecular flexibility index (Phi) is 4.46. The largest absolute Gasteiger partial charge is 0.370 e. The summed E-state index contributed by atoms with van der Waals surface area (Å²) in [4.78, 5) is 8.03. The lowest BCUT2D eigenvalue weighted by Gasteiger charge is -2.11. The van der Waals surface area contributed by atoms with Gasteiger partial charge in [-0.1, -0.05) is 23.2 Å². The van der Waals surface area contributed by atoms with E-state index in [0.29, 0.717) is 23.9 Å². The summed E-state index contributed by atoms with van der Waals surface area (Å²) >= 11 is 11.9. The van der Waals surface area contributed by atoms with E-state index in [9.17, 15) is 4.39 Å². The van der Waals surface area contributed by atoms with Gasteiger partial charge in [-0.25, -0.2) is 4.39 Å². The molecule has 1 aromatic heterocycles. The zero-order valence-electron chi connectivity index (χ0n) is 10.5. The van der Waals surface area contributed by atoms with Crippen LogP contribution in [-0.2, 0) is 0 Å². The fourth-order valence-corrected chi connectivity index (χ4v) is 2.15. The third kappa shape index (κ3) is 3.40. The molecule has 8 heteroatoms. The van der Waals surface area contributed by atoms with Crippen molar-refractivity contribution in [3.8, 4) is 0 Å². The van der Waals surface area contributed by atoms with Gasteiger partial charge in [0.25, 0.3) is 0 Å². The van der Waals surface area contributed by atoms with Crippen molar-refractivity contribution >= 4 is 46.5 Å². The molecule has 0 radical (unpaired) electrons. The van der Waals surface area contributed by atoms with Gasteiger partial charge in [-0.15, -0.1) is 0 Å². The molecule has 20 heavy (non-hydrogen) atoms. The van der Waals surface area contributed by atoms with Crippen LogP contribution < -0.4 is 16.4 Å². The normalized spacial score (nSPS) is 10.4. The predicted octanol–water partition coefficient (Wildman–Crippen LogP) is 3.68. The Bertz CT molecular complexity index is 612. The topological polar surface area (TPSA) is 75.9 Å². The highest BCUT2D eigenvalue weighted by Crippen LogP contribution is 2.33. The summed E-state index contributed by atoms with van der Waals surface area (Å²) < 4.78 is 13.1. The molecule has 1 aromatic carbocycles. The fourth-order valence-electron chi connectivity index (χ4n) is 1.59. The molecule has 0 saturated carbocycles. The van der Waals surface area contributed by atoms with Gasteiger partial charge >= 0.3 is 0 Å². The van der Waals surface area contributed by atoms with E-state index in [1.54, 1.807) is 6.07 Å². The molecule has 0 fully saturated rings. The standard InChI is InChI=1S/C12H12Cl2FN5/c1-2-17-9-5-10(20-12(16)19-9)18-11-7(13)3-6(15)4-8(11)14/h3-5H,2H2,1H3,(H4,16,17,18,19,20). The van der Waals surface area contributed by atoms with Gasteiger partial charge < -0.3 is 16.4 Å². The Morgan fingerprint density at radius 2 is 1.75 bits per heavy atom. The highest BCUT2D eigenvalue weighted by atomic mass is 35.5. The van der Waals surface area contributed by atoms with Gasteiger partial charge in [0.15, 0.2) is 0 Å². The number of hydrogen-bond acceptors (Lipinski definition) is 5. The van der Waals surface area contributed by atoms with Crippen molar-refractivity contribution in [3.05, 3.63) is 34.1 Å². The number of anilines is 4. The van der Waals surface area contributed by atoms with Crippen LogP contribution in [0.5, 0.6) is 0 Å². The average molecular weight is 316 g/mol. The lowest BCUT2D eigenvalue weighted by atomic mass is 10.3. The summed E-state index contributed by atoms with van der Waals surface area (Å²) in [6.07, 6.45) is 0. The molecule has 2 aromatic rings. The third-order valence-electron chi connectivity index (χ3n) is 2.36. The van der Waals surface area contributed by atoms with Crippen LogP contribution in [0.4, 0.5) is 27.7 Å². The maximum Gasteiger partial charge on any atom is 0.223 e. The molecule has 0 aliphatic carbocycles. The molecule has 0 unspecified atom stereocenters. The van der Waals surface area contributed by atoms with Crippen LogP contribution in [0.25, 0.3) is 0 Å².